The molecule has 0 saturated carbocycles. The maximum Gasteiger partial charge on any atom is 0.126 e. The minimum Gasteiger partial charge on any atom is -0.375 e. The van der Waals surface area contributed by atoms with Crippen molar-refractivity contribution in [2.45, 2.75) is 45.4 Å². The van der Waals surface area contributed by atoms with Gasteiger partial charge in [-0.15, -0.1) is 0 Å². The van der Waals surface area contributed by atoms with Crippen molar-refractivity contribution in [1.82, 2.24) is 0 Å². The highest BCUT2D eigenvalue weighted by Crippen LogP contribution is 2.35. The maximum absolute atomic E-state index is 13.8. The summed E-state index contributed by atoms with van der Waals surface area (Å²) in [7, 11) is 0. The highest BCUT2D eigenvalue weighted by molar-refractivity contribution is 9.10. The second-order valence-corrected chi connectivity index (χ2v) is 6.50. The van der Waals surface area contributed by atoms with Crippen LogP contribution in [0.4, 0.5) is 4.39 Å². The first-order valence-corrected chi connectivity index (χ1v) is 7.54. The molecular weight excluding hydrogens is 309 g/mol. The van der Waals surface area contributed by atoms with Crippen molar-refractivity contribution >= 4 is 15.9 Å². The van der Waals surface area contributed by atoms with Crippen molar-refractivity contribution in [2.75, 3.05) is 0 Å². The van der Waals surface area contributed by atoms with Gasteiger partial charge in [0, 0.05) is 16.4 Å². The number of halogens is 2. The van der Waals surface area contributed by atoms with Crippen LogP contribution in [0, 0.1) is 17.7 Å². The molecule has 0 spiro atoms. The molecule has 1 aromatic carbocycles. The molecule has 0 radical (unpaired) electrons. The molecule has 1 aliphatic rings. The number of hydrogen-bond donors (Lipinski definition) is 1. The van der Waals surface area contributed by atoms with Crippen LogP contribution in [0.2, 0.25) is 0 Å². The molecule has 0 bridgehead atoms. The van der Waals surface area contributed by atoms with E-state index in [1.54, 1.807) is 6.07 Å². The van der Waals surface area contributed by atoms with Gasteiger partial charge in [-0.1, -0.05) is 22.9 Å². The fourth-order valence-electron chi connectivity index (χ4n) is 3.12. The van der Waals surface area contributed by atoms with Crippen LogP contribution in [-0.2, 0) is 11.2 Å². The second-order valence-electron chi connectivity index (χ2n) is 5.59. The number of ether oxygens (including phenoxy) is 1. The van der Waals surface area contributed by atoms with Crippen LogP contribution >= 0.6 is 15.9 Å². The van der Waals surface area contributed by atoms with Gasteiger partial charge in [0.2, 0.25) is 0 Å². The Morgan fingerprint density at radius 2 is 2.00 bits per heavy atom. The average Bonchev–Trinajstić information content (AvgIpc) is 2.58. The quantitative estimate of drug-likeness (QED) is 0.920. The highest BCUT2D eigenvalue weighted by Gasteiger charge is 2.40. The Balaban J connectivity index is 2.12. The standard InChI is InChI=1S/C15H21BrFNO/c1-8-9(2)19-10(3)15(8)14(18)7-11-6-12(16)4-5-13(11)17/h4-6,8-10,14-15H,7,18H2,1-3H3. The van der Waals surface area contributed by atoms with Crippen LogP contribution < -0.4 is 5.73 Å². The van der Waals surface area contributed by atoms with Crippen LogP contribution in [0.25, 0.3) is 0 Å². The fourth-order valence-corrected chi connectivity index (χ4v) is 3.53. The Morgan fingerprint density at radius 3 is 2.58 bits per heavy atom. The Kier molecular flexibility index (Phi) is 4.64. The van der Waals surface area contributed by atoms with Gasteiger partial charge >= 0.3 is 0 Å². The molecule has 1 aromatic rings. The molecule has 0 aromatic heterocycles. The van der Waals surface area contributed by atoms with E-state index in [0.717, 1.165) is 4.47 Å². The van der Waals surface area contributed by atoms with E-state index in [9.17, 15) is 4.39 Å². The fraction of sp³-hybridized carbons (Fsp3) is 0.600. The third-order valence-electron chi connectivity index (χ3n) is 4.28. The van der Waals surface area contributed by atoms with E-state index >= 15 is 0 Å². The molecule has 106 valence electrons. The lowest BCUT2D eigenvalue weighted by Gasteiger charge is -2.26. The lowest BCUT2D eigenvalue weighted by atomic mass is 9.81. The van der Waals surface area contributed by atoms with Gasteiger partial charge in [-0.2, -0.15) is 0 Å². The number of benzene rings is 1. The zero-order valence-corrected chi connectivity index (χ0v) is 13.2. The molecule has 2 nitrogen and oxygen atoms in total. The van der Waals surface area contributed by atoms with Gasteiger partial charge in [0.1, 0.15) is 5.82 Å². The number of rotatable bonds is 3. The summed E-state index contributed by atoms with van der Waals surface area (Å²) in [5.74, 6) is 0.486. The summed E-state index contributed by atoms with van der Waals surface area (Å²) >= 11 is 3.37. The van der Waals surface area contributed by atoms with Crippen molar-refractivity contribution in [2.24, 2.45) is 17.6 Å². The molecule has 1 fully saturated rings. The van der Waals surface area contributed by atoms with E-state index in [1.807, 2.05) is 6.07 Å². The molecule has 5 unspecified atom stereocenters. The first-order chi connectivity index (χ1) is 8.90. The van der Waals surface area contributed by atoms with Crippen molar-refractivity contribution in [3.05, 3.63) is 34.1 Å². The molecule has 2 rings (SSSR count). The maximum atomic E-state index is 13.8. The predicted molar refractivity (Wildman–Crippen MR) is 78.4 cm³/mol. The van der Waals surface area contributed by atoms with Crippen LogP contribution in [0.3, 0.4) is 0 Å². The lowest BCUT2D eigenvalue weighted by molar-refractivity contribution is 0.0490. The van der Waals surface area contributed by atoms with Crippen molar-refractivity contribution < 1.29 is 9.13 Å². The minimum absolute atomic E-state index is 0.0845. The van der Waals surface area contributed by atoms with Crippen LogP contribution in [0.15, 0.2) is 22.7 Å². The van der Waals surface area contributed by atoms with Gasteiger partial charge in [0.05, 0.1) is 12.2 Å². The summed E-state index contributed by atoms with van der Waals surface area (Å²) in [5.41, 5.74) is 6.98. The van der Waals surface area contributed by atoms with E-state index in [2.05, 4.69) is 36.7 Å². The van der Waals surface area contributed by atoms with E-state index < -0.39 is 0 Å². The van der Waals surface area contributed by atoms with E-state index in [-0.39, 0.29) is 30.0 Å². The molecule has 0 amide bonds. The monoisotopic (exact) mass is 329 g/mol. The summed E-state index contributed by atoms with van der Waals surface area (Å²) in [6.07, 6.45) is 0.898. The average molecular weight is 330 g/mol. The second kappa shape index (κ2) is 5.90. The molecule has 1 saturated heterocycles. The smallest absolute Gasteiger partial charge is 0.126 e. The molecular formula is C15H21BrFNO. The van der Waals surface area contributed by atoms with Crippen LogP contribution in [0.1, 0.15) is 26.3 Å². The van der Waals surface area contributed by atoms with Gasteiger partial charge in [0.25, 0.3) is 0 Å². The third kappa shape index (κ3) is 3.18. The topological polar surface area (TPSA) is 35.2 Å². The van der Waals surface area contributed by atoms with E-state index in [0.29, 0.717) is 17.9 Å². The first-order valence-electron chi connectivity index (χ1n) is 6.75. The van der Waals surface area contributed by atoms with Crippen LogP contribution in [0.5, 0.6) is 0 Å². The summed E-state index contributed by atoms with van der Waals surface area (Å²) in [6, 6.07) is 4.91. The van der Waals surface area contributed by atoms with Crippen molar-refractivity contribution in [3.63, 3.8) is 0 Å². The Morgan fingerprint density at radius 1 is 1.32 bits per heavy atom. The first kappa shape index (κ1) is 14.9. The summed E-state index contributed by atoms with van der Waals surface area (Å²) in [5, 5.41) is 0. The minimum atomic E-state index is -0.189. The third-order valence-corrected chi connectivity index (χ3v) is 4.77. The lowest BCUT2D eigenvalue weighted by Crippen LogP contribution is -2.39. The highest BCUT2D eigenvalue weighted by atomic mass is 79.9. The zero-order chi connectivity index (χ0) is 14.2. The Labute approximate surface area is 122 Å². The molecule has 1 heterocycles. The van der Waals surface area contributed by atoms with E-state index in [1.165, 1.54) is 6.07 Å². The van der Waals surface area contributed by atoms with Crippen LogP contribution in [-0.4, -0.2) is 18.2 Å². The molecule has 2 N–H and O–H groups in total. The summed E-state index contributed by atoms with van der Waals surface area (Å²) in [6.45, 7) is 6.30. The van der Waals surface area contributed by atoms with Crippen molar-refractivity contribution in [1.29, 1.82) is 0 Å². The zero-order valence-electron chi connectivity index (χ0n) is 11.6. The number of nitrogens with two attached hydrogens (primary N) is 1. The molecule has 19 heavy (non-hydrogen) atoms. The Hall–Kier alpha value is -0.450. The van der Waals surface area contributed by atoms with Gasteiger partial charge < -0.3 is 10.5 Å². The normalized spacial score (nSPS) is 32.5. The Bertz CT molecular complexity index is 454. The van der Waals surface area contributed by atoms with Crippen molar-refractivity contribution in [3.8, 4) is 0 Å². The van der Waals surface area contributed by atoms with E-state index in [4.69, 9.17) is 10.5 Å². The summed E-state index contributed by atoms with van der Waals surface area (Å²) < 4.78 is 20.5. The number of hydrogen-bond acceptors (Lipinski definition) is 2. The largest absolute Gasteiger partial charge is 0.375 e. The van der Waals surface area contributed by atoms with Gasteiger partial charge in [0.15, 0.2) is 0 Å². The molecule has 4 heteroatoms. The van der Waals surface area contributed by atoms with Gasteiger partial charge in [-0.25, -0.2) is 4.39 Å². The molecule has 5 atom stereocenters. The van der Waals surface area contributed by atoms with Gasteiger partial charge in [-0.3, -0.25) is 0 Å². The predicted octanol–water partition coefficient (Wildman–Crippen LogP) is 3.52. The SMILES string of the molecule is CC1OC(C)C(C(N)Cc2cc(Br)ccc2F)C1C. The molecule has 1 aliphatic heterocycles. The summed E-state index contributed by atoms with van der Waals surface area (Å²) in [4.78, 5) is 0. The van der Waals surface area contributed by atoms with Gasteiger partial charge in [-0.05, 0) is 49.9 Å². The molecule has 0 aliphatic carbocycles.